The summed E-state index contributed by atoms with van der Waals surface area (Å²) in [6, 6.07) is 4.04. The van der Waals surface area contributed by atoms with Gasteiger partial charge < -0.3 is 5.01 Å². The van der Waals surface area contributed by atoms with E-state index in [0.29, 0.717) is 0 Å². The molecule has 0 saturated heterocycles. The molecule has 0 aromatic carbocycles. The lowest BCUT2D eigenvalue weighted by atomic mass is 10.2. The van der Waals surface area contributed by atoms with Crippen LogP contribution in [0.15, 0.2) is 18.3 Å². The summed E-state index contributed by atoms with van der Waals surface area (Å²) >= 11 is 0. The Bertz CT molecular complexity index is 259. The van der Waals surface area contributed by atoms with Crippen molar-refractivity contribution >= 4 is 5.69 Å². The number of hydrazine groups is 1. The van der Waals surface area contributed by atoms with Crippen LogP contribution in [0, 0.1) is 0 Å². The van der Waals surface area contributed by atoms with Gasteiger partial charge in [0.05, 0.1) is 11.4 Å². The molecule has 0 atom stereocenters. The second-order valence-electron chi connectivity index (χ2n) is 2.69. The van der Waals surface area contributed by atoms with Gasteiger partial charge >= 0.3 is 0 Å². The molecule has 1 aromatic rings. The van der Waals surface area contributed by atoms with Crippen LogP contribution < -0.4 is 10.4 Å². The second-order valence-corrected chi connectivity index (χ2v) is 2.69. The Balaban J connectivity index is 2.44. The summed E-state index contributed by atoms with van der Waals surface area (Å²) < 4.78 is 0. The minimum Gasteiger partial charge on any atom is -0.310 e. The number of pyridine rings is 1. The Hall–Kier alpha value is -1.09. The summed E-state index contributed by atoms with van der Waals surface area (Å²) in [7, 11) is 2.01. The predicted molar refractivity (Wildman–Crippen MR) is 44.3 cm³/mol. The van der Waals surface area contributed by atoms with Gasteiger partial charge in [0.2, 0.25) is 0 Å². The van der Waals surface area contributed by atoms with Crippen LogP contribution in [0.3, 0.4) is 0 Å². The number of rotatable bonds is 0. The largest absolute Gasteiger partial charge is 0.310 e. The average molecular weight is 149 g/mol. The van der Waals surface area contributed by atoms with Crippen molar-refractivity contribution in [2.45, 2.75) is 6.42 Å². The van der Waals surface area contributed by atoms with E-state index in [4.69, 9.17) is 0 Å². The number of aromatic nitrogens is 1. The zero-order valence-electron chi connectivity index (χ0n) is 6.54. The van der Waals surface area contributed by atoms with E-state index in [1.165, 1.54) is 11.4 Å². The number of nitrogens with one attached hydrogen (secondary N) is 1. The van der Waals surface area contributed by atoms with Gasteiger partial charge in [-0.15, -0.1) is 0 Å². The predicted octanol–water partition coefficient (Wildman–Crippen LogP) is 0.578. The molecule has 2 heterocycles. The Morgan fingerprint density at radius 3 is 3.36 bits per heavy atom. The molecule has 58 valence electrons. The highest BCUT2D eigenvalue weighted by atomic mass is 15.5. The highest BCUT2D eigenvalue weighted by Gasteiger charge is 2.12. The van der Waals surface area contributed by atoms with Crippen LogP contribution in [0.25, 0.3) is 0 Å². The Morgan fingerprint density at radius 2 is 2.55 bits per heavy atom. The van der Waals surface area contributed by atoms with Crippen LogP contribution >= 0.6 is 0 Å². The highest BCUT2D eigenvalue weighted by Crippen LogP contribution is 2.17. The Morgan fingerprint density at radius 1 is 1.64 bits per heavy atom. The molecule has 3 heteroatoms. The molecule has 0 aliphatic carbocycles. The van der Waals surface area contributed by atoms with Gasteiger partial charge in [0.15, 0.2) is 0 Å². The number of nitrogens with zero attached hydrogens (tertiary/aromatic N) is 2. The summed E-state index contributed by atoms with van der Waals surface area (Å²) in [4.78, 5) is 4.29. The van der Waals surface area contributed by atoms with Crippen molar-refractivity contribution < 1.29 is 0 Å². The summed E-state index contributed by atoms with van der Waals surface area (Å²) in [6.07, 6.45) is 2.87. The van der Waals surface area contributed by atoms with Gasteiger partial charge in [-0.2, -0.15) is 0 Å². The lowest BCUT2D eigenvalue weighted by Gasteiger charge is -2.26. The fourth-order valence-corrected chi connectivity index (χ4v) is 1.35. The van der Waals surface area contributed by atoms with Crippen molar-refractivity contribution in [3.63, 3.8) is 0 Å². The Kier molecular flexibility index (Phi) is 1.51. The van der Waals surface area contributed by atoms with E-state index in [1.807, 2.05) is 24.3 Å². The zero-order valence-corrected chi connectivity index (χ0v) is 6.54. The van der Waals surface area contributed by atoms with E-state index in [0.717, 1.165) is 13.0 Å². The molecule has 1 aliphatic rings. The van der Waals surface area contributed by atoms with Gasteiger partial charge in [-0.3, -0.25) is 4.98 Å². The van der Waals surface area contributed by atoms with Crippen molar-refractivity contribution in [2.24, 2.45) is 0 Å². The standard InChI is InChI=1S/C8H11N3/c1-11-8-3-2-5-9-7(8)4-6-10-11/h2-3,5,10H,4,6H2,1H3. The average Bonchev–Trinajstić information content (AvgIpc) is 2.06. The van der Waals surface area contributed by atoms with Gasteiger partial charge in [0, 0.05) is 26.2 Å². The normalized spacial score (nSPS) is 16.3. The van der Waals surface area contributed by atoms with E-state index in [1.54, 1.807) is 0 Å². The van der Waals surface area contributed by atoms with E-state index in [2.05, 4.69) is 16.5 Å². The molecule has 2 rings (SSSR count). The zero-order chi connectivity index (χ0) is 7.68. The molecular formula is C8H11N3. The molecule has 0 bridgehead atoms. The van der Waals surface area contributed by atoms with Crippen molar-refractivity contribution in [3.8, 4) is 0 Å². The first kappa shape index (κ1) is 6.61. The van der Waals surface area contributed by atoms with Crippen LogP contribution in [-0.2, 0) is 6.42 Å². The van der Waals surface area contributed by atoms with Crippen molar-refractivity contribution in [2.75, 3.05) is 18.6 Å². The summed E-state index contributed by atoms with van der Waals surface area (Å²) in [5.41, 5.74) is 5.61. The van der Waals surface area contributed by atoms with Crippen LogP contribution in [0.5, 0.6) is 0 Å². The molecule has 0 unspecified atom stereocenters. The van der Waals surface area contributed by atoms with Crippen molar-refractivity contribution in [3.05, 3.63) is 24.0 Å². The first-order valence-corrected chi connectivity index (χ1v) is 3.79. The minimum absolute atomic E-state index is 0.987. The SMILES string of the molecule is CN1NCCc2ncccc21. The van der Waals surface area contributed by atoms with E-state index in [-0.39, 0.29) is 0 Å². The topological polar surface area (TPSA) is 28.2 Å². The smallest absolute Gasteiger partial charge is 0.0732 e. The van der Waals surface area contributed by atoms with Gasteiger partial charge in [-0.25, -0.2) is 5.43 Å². The number of hydrogen-bond acceptors (Lipinski definition) is 3. The molecule has 0 fully saturated rings. The lowest BCUT2D eigenvalue weighted by molar-refractivity contribution is 0.630. The molecule has 3 nitrogen and oxygen atoms in total. The second kappa shape index (κ2) is 2.51. The highest BCUT2D eigenvalue weighted by molar-refractivity contribution is 5.50. The van der Waals surface area contributed by atoms with E-state index in [9.17, 15) is 0 Å². The summed E-state index contributed by atoms with van der Waals surface area (Å²) in [6.45, 7) is 0.987. The van der Waals surface area contributed by atoms with Crippen LogP contribution in [-0.4, -0.2) is 18.6 Å². The molecular weight excluding hydrogens is 138 g/mol. The van der Waals surface area contributed by atoms with Crippen LogP contribution in [0.1, 0.15) is 5.69 Å². The molecule has 11 heavy (non-hydrogen) atoms. The summed E-state index contributed by atoms with van der Waals surface area (Å²) in [5.74, 6) is 0. The quantitative estimate of drug-likeness (QED) is 0.584. The third-order valence-corrected chi connectivity index (χ3v) is 1.94. The maximum absolute atomic E-state index is 4.29. The number of anilines is 1. The first-order chi connectivity index (χ1) is 5.38. The van der Waals surface area contributed by atoms with Crippen molar-refractivity contribution in [1.29, 1.82) is 0 Å². The number of fused-ring (bicyclic) bond motifs is 1. The molecule has 1 aromatic heterocycles. The minimum atomic E-state index is 0.987. The van der Waals surface area contributed by atoms with Crippen LogP contribution in [0.2, 0.25) is 0 Å². The molecule has 0 amide bonds. The number of hydrogen-bond donors (Lipinski definition) is 1. The third-order valence-electron chi connectivity index (χ3n) is 1.94. The third kappa shape index (κ3) is 1.07. The van der Waals surface area contributed by atoms with E-state index >= 15 is 0 Å². The van der Waals surface area contributed by atoms with Gasteiger partial charge in [0.1, 0.15) is 0 Å². The fourth-order valence-electron chi connectivity index (χ4n) is 1.35. The summed E-state index contributed by atoms with van der Waals surface area (Å²) in [5, 5.41) is 2.02. The van der Waals surface area contributed by atoms with Crippen LogP contribution in [0.4, 0.5) is 5.69 Å². The fraction of sp³-hybridized carbons (Fsp3) is 0.375. The van der Waals surface area contributed by atoms with E-state index < -0.39 is 0 Å². The van der Waals surface area contributed by atoms with Gasteiger partial charge in [0.25, 0.3) is 0 Å². The maximum atomic E-state index is 4.29. The van der Waals surface area contributed by atoms with Gasteiger partial charge in [-0.1, -0.05) is 0 Å². The first-order valence-electron chi connectivity index (χ1n) is 3.79. The molecule has 1 aliphatic heterocycles. The Labute approximate surface area is 66.0 Å². The van der Waals surface area contributed by atoms with Crippen molar-refractivity contribution in [1.82, 2.24) is 10.4 Å². The monoisotopic (exact) mass is 149 g/mol. The van der Waals surface area contributed by atoms with Gasteiger partial charge in [-0.05, 0) is 12.1 Å². The molecule has 0 saturated carbocycles. The maximum Gasteiger partial charge on any atom is 0.0732 e. The molecule has 0 spiro atoms. The molecule has 1 N–H and O–H groups in total. The molecule has 0 radical (unpaired) electrons. The lowest BCUT2D eigenvalue weighted by Crippen LogP contribution is -2.40.